The minimum absolute atomic E-state index is 0.244. The van der Waals surface area contributed by atoms with Crippen molar-refractivity contribution in [3.05, 3.63) is 59.7 Å². The topological polar surface area (TPSA) is 82.6 Å². The van der Waals surface area contributed by atoms with Gasteiger partial charge in [0.25, 0.3) is 11.8 Å². The maximum Gasteiger partial charge on any atom is 0.335 e. The predicted molar refractivity (Wildman–Crippen MR) is 106 cm³/mol. The molecule has 0 atom stereocenters. The van der Waals surface area contributed by atoms with Gasteiger partial charge < -0.3 is 4.90 Å². The molecule has 0 bridgehead atoms. The molecule has 2 saturated heterocycles. The third kappa shape index (κ3) is 3.73. The average Bonchev–Trinajstić information content (AvgIpc) is 2.72. The number of nitrogens with one attached hydrogen (secondary N) is 1. The molecule has 2 aliphatic rings. The number of hydrogen-bond donors (Lipinski definition) is 1. The molecule has 4 amide bonds. The number of piperidine rings is 1. The molecule has 7 nitrogen and oxygen atoms in total. The van der Waals surface area contributed by atoms with Crippen molar-refractivity contribution in [1.29, 1.82) is 0 Å². The number of pyridine rings is 1. The Labute approximate surface area is 166 Å². The van der Waals surface area contributed by atoms with E-state index in [4.69, 9.17) is 0 Å². The van der Waals surface area contributed by atoms with Crippen LogP contribution in [0.1, 0.15) is 24.8 Å². The third-order valence-corrected chi connectivity index (χ3v) is 5.00. The van der Waals surface area contributed by atoms with Gasteiger partial charge >= 0.3 is 6.03 Å². The average molecular weight is 394 g/mol. The van der Waals surface area contributed by atoms with Crippen molar-refractivity contribution in [2.75, 3.05) is 22.9 Å². The Hall–Kier alpha value is -3.55. The highest BCUT2D eigenvalue weighted by atomic mass is 19.1. The van der Waals surface area contributed by atoms with Crippen LogP contribution < -0.4 is 15.1 Å². The molecule has 0 unspecified atom stereocenters. The largest absolute Gasteiger partial charge is 0.369 e. The molecular weight excluding hydrogens is 375 g/mol. The molecule has 148 valence electrons. The van der Waals surface area contributed by atoms with Gasteiger partial charge in [0.05, 0.1) is 11.4 Å². The molecule has 29 heavy (non-hydrogen) atoms. The number of anilines is 2. The molecule has 8 heteroatoms. The third-order valence-electron chi connectivity index (χ3n) is 5.00. The second-order valence-corrected chi connectivity index (χ2v) is 6.92. The van der Waals surface area contributed by atoms with Gasteiger partial charge in [-0.05, 0) is 55.2 Å². The molecule has 0 aliphatic carbocycles. The summed E-state index contributed by atoms with van der Waals surface area (Å²) in [7, 11) is 0. The standard InChI is InChI=1S/C21H19FN4O3/c22-17-13-14(4-5-18(17)25-10-2-1-3-11-25)12-16-19(27)24-21(29)26(20(16)28)15-6-8-23-9-7-15/h4-9,12-13H,1-3,10-11H2,(H,24,27,29)/b16-12+. The van der Waals surface area contributed by atoms with Crippen LogP contribution in [0.4, 0.5) is 20.6 Å². The van der Waals surface area contributed by atoms with Gasteiger partial charge in [-0.1, -0.05) is 6.07 Å². The van der Waals surface area contributed by atoms with E-state index >= 15 is 0 Å². The van der Waals surface area contributed by atoms with Crippen molar-refractivity contribution in [2.45, 2.75) is 19.3 Å². The maximum absolute atomic E-state index is 14.7. The van der Waals surface area contributed by atoms with Crippen molar-refractivity contribution < 1.29 is 18.8 Å². The van der Waals surface area contributed by atoms with Gasteiger partial charge in [0, 0.05) is 25.5 Å². The number of halogens is 1. The van der Waals surface area contributed by atoms with E-state index in [-0.39, 0.29) is 11.3 Å². The van der Waals surface area contributed by atoms with Crippen LogP contribution in [0, 0.1) is 5.82 Å². The number of benzene rings is 1. The number of barbiturate groups is 1. The first-order valence-corrected chi connectivity index (χ1v) is 9.40. The fourth-order valence-electron chi connectivity index (χ4n) is 3.56. The number of aromatic nitrogens is 1. The molecule has 1 aromatic carbocycles. The summed E-state index contributed by atoms with van der Waals surface area (Å²) in [5.41, 5.74) is 0.921. The van der Waals surface area contributed by atoms with Gasteiger partial charge in [-0.25, -0.2) is 14.1 Å². The van der Waals surface area contributed by atoms with Crippen LogP contribution >= 0.6 is 0 Å². The fraction of sp³-hybridized carbons (Fsp3) is 0.238. The summed E-state index contributed by atoms with van der Waals surface area (Å²) in [4.78, 5) is 43.9. The first-order valence-electron chi connectivity index (χ1n) is 9.40. The van der Waals surface area contributed by atoms with Crippen molar-refractivity contribution in [3.8, 4) is 0 Å². The summed E-state index contributed by atoms with van der Waals surface area (Å²) in [6.07, 6.45) is 7.36. The number of carbonyl (C=O) groups excluding carboxylic acids is 3. The molecule has 1 aromatic heterocycles. The van der Waals surface area contributed by atoms with Gasteiger partial charge in [-0.15, -0.1) is 0 Å². The van der Waals surface area contributed by atoms with E-state index in [9.17, 15) is 18.8 Å². The lowest BCUT2D eigenvalue weighted by Gasteiger charge is -2.29. The molecule has 3 heterocycles. The highest BCUT2D eigenvalue weighted by Gasteiger charge is 2.36. The molecule has 0 spiro atoms. The van der Waals surface area contributed by atoms with E-state index in [1.54, 1.807) is 12.1 Å². The number of carbonyl (C=O) groups is 3. The summed E-state index contributed by atoms with van der Waals surface area (Å²) >= 11 is 0. The SMILES string of the molecule is O=C1NC(=O)N(c2ccncc2)C(=O)/C1=C/c1ccc(N2CCCCC2)c(F)c1. The van der Waals surface area contributed by atoms with Crippen LogP contribution in [0.5, 0.6) is 0 Å². The van der Waals surface area contributed by atoms with E-state index in [0.717, 1.165) is 37.3 Å². The van der Waals surface area contributed by atoms with E-state index in [2.05, 4.69) is 10.3 Å². The summed E-state index contributed by atoms with van der Waals surface area (Å²) in [5, 5.41) is 2.14. The Bertz CT molecular complexity index is 1000. The summed E-state index contributed by atoms with van der Waals surface area (Å²) in [5.74, 6) is -2.00. The normalized spacial score (nSPS) is 18.9. The van der Waals surface area contributed by atoms with Gasteiger partial charge in [0.1, 0.15) is 11.4 Å². The fourth-order valence-corrected chi connectivity index (χ4v) is 3.56. The monoisotopic (exact) mass is 394 g/mol. The Morgan fingerprint density at radius 1 is 1.00 bits per heavy atom. The molecule has 2 aromatic rings. The first kappa shape index (κ1) is 18.8. The quantitative estimate of drug-likeness (QED) is 0.639. The highest BCUT2D eigenvalue weighted by molar-refractivity contribution is 6.39. The van der Waals surface area contributed by atoms with Crippen LogP contribution in [0.3, 0.4) is 0 Å². The number of rotatable bonds is 3. The van der Waals surface area contributed by atoms with Gasteiger partial charge in [-0.3, -0.25) is 19.9 Å². The minimum Gasteiger partial charge on any atom is -0.369 e. The Morgan fingerprint density at radius 2 is 1.72 bits per heavy atom. The molecule has 0 radical (unpaired) electrons. The lowest BCUT2D eigenvalue weighted by atomic mass is 10.1. The summed E-state index contributed by atoms with van der Waals surface area (Å²) < 4.78 is 14.7. The van der Waals surface area contributed by atoms with Crippen molar-refractivity contribution >= 4 is 35.3 Å². The van der Waals surface area contributed by atoms with Crippen molar-refractivity contribution in [2.24, 2.45) is 0 Å². The molecule has 2 fully saturated rings. The van der Waals surface area contributed by atoms with Gasteiger partial charge in [0.2, 0.25) is 0 Å². The lowest BCUT2D eigenvalue weighted by molar-refractivity contribution is -0.122. The number of nitrogens with zero attached hydrogens (tertiary/aromatic N) is 3. The molecule has 1 N–H and O–H groups in total. The number of amides is 4. The number of hydrogen-bond acceptors (Lipinski definition) is 5. The van der Waals surface area contributed by atoms with Crippen molar-refractivity contribution in [3.63, 3.8) is 0 Å². The van der Waals surface area contributed by atoms with Crippen LogP contribution in [0.25, 0.3) is 6.08 Å². The number of imide groups is 2. The zero-order valence-corrected chi connectivity index (χ0v) is 15.6. The van der Waals surface area contributed by atoms with Gasteiger partial charge in [0.15, 0.2) is 0 Å². The van der Waals surface area contributed by atoms with Crippen molar-refractivity contribution in [1.82, 2.24) is 10.3 Å². The number of urea groups is 1. The smallest absolute Gasteiger partial charge is 0.335 e. The van der Waals surface area contributed by atoms with E-state index < -0.39 is 23.7 Å². The highest BCUT2D eigenvalue weighted by Crippen LogP contribution is 2.26. The zero-order chi connectivity index (χ0) is 20.4. The maximum atomic E-state index is 14.7. The molecule has 2 aliphatic heterocycles. The Morgan fingerprint density at radius 3 is 2.41 bits per heavy atom. The van der Waals surface area contributed by atoms with Gasteiger partial charge in [-0.2, -0.15) is 0 Å². The lowest BCUT2D eigenvalue weighted by Crippen LogP contribution is -2.54. The van der Waals surface area contributed by atoms with Crippen LogP contribution in [0.2, 0.25) is 0 Å². The molecule has 0 saturated carbocycles. The van der Waals surface area contributed by atoms with E-state index in [1.807, 2.05) is 4.90 Å². The first-order chi connectivity index (χ1) is 14.0. The van der Waals surface area contributed by atoms with Crippen LogP contribution in [-0.2, 0) is 9.59 Å². The zero-order valence-electron chi connectivity index (χ0n) is 15.6. The second-order valence-electron chi connectivity index (χ2n) is 6.92. The predicted octanol–water partition coefficient (Wildman–Crippen LogP) is 2.88. The van der Waals surface area contributed by atoms with Crippen LogP contribution in [-0.4, -0.2) is 35.9 Å². The van der Waals surface area contributed by atoms with Crippen LogP contribution in [0.15, 0.2) is 48.3 Å². The molecular formula is C21H19FN4O3. The van der Waals surface area contributed by atoms with E-state index in [0.29, 0.717) is 11.3 Å². The van der Waals surface area contributed by atoms with E-state index in [1.165, 1.54) is 36.7 Å². The Kier molecular flexibility index (Phi) is 5.07. The summed E-state index contributed by atoms with van der Waals surface area (Å²) in [6.45, 7) is 1.61. The Balaban J connectivity index is 1.64. The summed E-state index contributed by atoms with van der Waals surface area (Å²) in [6, 6.07) is 6.74. The minimum atomic E-state index is -0.838. The second kappa shape index (κ2) is 7.83. The molecule has 4 rings (SSSR count).